The number of benzene rings is 2. The number of nitrogens with zero attached hydrogens (tertiary/aromatic N) is 3. The van der Waals surface area contributed by atoms with Gasteiger partial charge in [0.25, 0.3) is 0 Å². The first-order valence-corrected chi connectivity index (χ1v) is 13.3. The van der Waals surface area contributed by atoms with Gasteiger partial charge in [0.2, 0.25) is 10.0 Å². The number of halogens is 4. The third kappa shape index (κ3) is 5.91. The van der Waals surface area contributed by atoms with Crippen molar-refractivity contribution in [3.8, 4) is 0 Å². The summed E-state index contributed by atoms with van der Waals surface area (Å²) in [6, 6.07) is 11.0. The van der Waals surface area contributed by atoms with Crippen LogP contribution in [-0.4, -0.2) is 74.1 Å². The highest BCUT2D eigenvalue weighted by Crippen LogP contribution is 2.35. The van der Waals surface area contributed by atoms with Gasteiger partial charge in [-0.25, -0.2) is 13.2 Å². The minimum absolute atomic E-state index is 0.190. The molecule has 2 aromatic carbocycles. The summed E-state index contributed by atoms with van der Waals surface area (Å²) >= 11 is 6.07. The molecule has 190 valence electrons. The maximum atomic E-state index is 13.3. The van der Waals surface area contributed by atoms with E-state index < -0.39 is 27.8 Å². The van der Waals surface area contributed by atoms with Crippen molar-refractivity contribution in [2.24, 2.45) is 0 Å². The molecule has 7 nitrogen and oxygen atoms in total. The molecule has 2 heterocycles. The van der Waals surface area contributed by atoms with Gasteiger partial charge in [0.1, 0.15) is 0 Å². The largest absolute Gasteiger partial charge is 0.416 e. The topological polar surface area (TPSA) is 73.0 Å². The van der Waals surface area contributed by atoms with Crippen LogP contribution in [0.5, 0.6) is 0 Å². The zero-order valence-electron chi connectivity index (χ0n) is 19.0. The van der Waals surface area contributed by atoms with E-state index in [-0.39, 0.29) is 25.2 Å². The molecular weight excluding hydrogens is 505 g/mol. The number of carbonyl (C=O) groups is 1. The molecule has 4 rings (SSSR count). The van der Waals surface area contributed by atoms with Crippen LogP contribution in [0.25, 0.3) is 0 Å². The standard InChI is InChI=1S/C23H26ClF3N4O3S/c1-35(33,34)30-11-9-29(10-12-30)21(16-5-7-19(24)8-6-16)15-31-20(14-28-22(31)32)17-3-2-4-18(13-17)23(25,26)27/h2-8,13,20-21H,9-12,14-15H2,1H3,(H,28,32)/t20-,21?/m1/s1. The van der Waals surface area contributed by atoms with Crippen LogP contribution in [0.3, 0.4) is 0 Å². The lowest BCUT2D eigenvalue weighted by Crippen LogP contribution is -2.51. The van der Waals surface area contributed by atoms with E-state index >= 15 is 0 Å². The van der Waals surface area contributed by atoms with Crippen molar-refractivity contribution in [1.29, 1.82) is 0 Å². The van der Waals surface area contributed by atoms with Gasteiger partial charge in [0, 0.05) is 44.3 Å². The molecule has 2 aliphatic heterocycles. The molecule has 2 atom stereocenters. The summed E-state index contributed by atoms with van der Waals surface area (Å²) in [5.74, 6) is 0. The zero-order chi connectivity index (χ0) is 25.4. The number of piperazine rings is 1. The Bertz CT molecular complexity index is 1170. The van der Waals surface area contributed by atoms with E-state index in [0.29, 0.717) is 36.8 Å². The van der Waals surface area contributed by atoms with Crippen molar-refractivity contribution in [3.05, 3.63) is 70.2 Å². The molecule has 0 aliphatic carbocycles. The number of alkyl halides is 3. The van der Waals surface area contributed by atoms with E-state index in [0.717, 1.165) is 17.7 Å². The van der Waals surface area contributed by atoms with E-state index in [4.69, 9.17) is 11.6 Å². The van der Waals surface area contributed by atoms with Crippen LogP contribution in [0.2, 0.25) is 5.02 Å². The van der Waals surface area contributed by atoms with Crippen molar-refractivity contribution in [2.45, 2.75) is 18.3 Å². The van der Waals surface area contributed by atoms with Crippen molar-refractivity contribution in [3.63, 3.8) is 0 Å². The van der Waals surface area contributed by atoms with E-state index in [2.05, 4.69) is 10.2 Å². The van der Waals surface area contributed by atoms with E-state index in [1.165, 1.54) is 16.6 Å². The number of sulfonamides is 1. The summed E-state index contributed by atoms with van der Waals surface area (Å²) in [4.78, 5) is 16.4. The van der Waals surface area contributed by atoms with E-state index in [1.54, 1.807) is 23.1 Å². The second-order valence-electron chi connectivity index (χ2n) is 8.74. The third-order valence-electron chi connectivity index (χ3n) is 6.49. The second-order valence-corrected chi connectivity index (χ2v) is 11.2. The number of hydrogen-bond donors (Lipinski definition) is 1. The zero-order valence-corrected chi connectivity index (χ0v) is 20.6. The second kappa shape index (κ2) is 9.96. The number of carbonyl (C=O) groups excluding carboxylic acids is 1. The molecule has 2 fully saturated rings. The highest BCUT2D eigenvalue weighted by molar-refractivity contribution is 7.88. The van der Waals surface area contributed by atoms with Crippen molar-refractivity contribution in [2.75, 3.05) is 45.5 Å². The molecule has 35 heavy (non-hydrogen) atoms. The van der Waals surface area contributed by atoms with Crippen LogP contribution in [0.15, 0.2) is 48.5 Å². The first-order valence-electron chi connectivity index (χ1n) is 11.1. The smallest absolute Gasteiger partial charge is 0.336 e. The van der Waals surface area contributed by atoms with E-state index in [1.807, 2.05) is 12.1 Å². The molecule has 2 aromatic rings. The maximum Gasteiger partial charge on any atom is 0.416 e. The summed E-state index contributed by atoms with van der Waals surface area (Å²) in [5.41, 5.74) is 0.514. The lowest BCUT2D eigenvalue weighted by molar-refractivity contribution is -0.137. The molecule has 2 amide bonds. The molecule has 2 aliphatic rings. The molecular formula is C23H26ClF3N4O3S. The summed E-state index contributed by atoms with van der Waals surface area (Å²) in [6.45, 7) is 1.93. The Hall–Kier alpha value is -2.34. The molecule has 2 saturated heterocycles. The fourth-order valence-corrected chi connectivity index (χ4v) is 5.57. The molecule has 0 aromatic heterocycles. The van der Waals surface area contributed by atoms with Crippen molar-refractivity contribution < 1.29 is 26.4 Å². The molecule has 1 unspecified atom stereocenters. The Balaban J connectivity index is 1.61. The van der Waals surface area contributed by atoms with Crippen molar-refractivity contribution >= 4 is 27.7 Å². The fourth-order valence-electron chi connectivity index (χ4n) is 4.62. The Labute approximate surface area is 207 Å². The number of nitrogens with one attached hydrogen (secondary N) is 1. The van der Waals surface area contributed by atoms with Gasteiger partial charge in [-0.3, -0.25) is 4.90 Å². The summed E-state index contributed by atoms with van der Waals surface area (Å²) < 4.78 is 65.2. The van der Waals surface area contributed by atoms with Gasteiger partial charge < -0.3 is 10.2 Å². The summed E-state index contributed by atoms with van der Waals surface area (Å²) in [6.07, 6.45) is -3.31. The third-order valence-corrected chi connectivity index (χ3v) is 8.05. The van der Waals surface area contributed by atoms with Crippen LogP contribution in [-0.2, 0) is 16.2 Å². The van der Waals surface area contributed by atoms with Crippen molar-refractivity contribution in [1.82, 2.24) is 19.4 Å². The summed E-state index contributed by atoms with van der Waals surface area (Å²) in [5, 5.41) is 3.30. The number of amides is 2. The van der Waals surface area contributed by atoms with Crippen LogP contribution in [0, 0.1) is 0 Å². The maximum absolute atomic E-state index is 13.3. The van der Waals surface area contributed by atoms with Crippen LogP contribution in [0.4, 0.5) is 18.0 Å². The van der Waals surface area contributed by atoms with Crippen LogP contribution in [0.1, 0.15) is 28.8 Å². The average molecular weight is 531 g/mol. The van der Waals surface area contributed by atoms with Gasteiger partial charge in [-0.1, -0.05) is 35.9 Å². The molecule has 0 radical (unpaired) electrons. The van der Waals surface area contributed by atoms with Gasteiger partial charge >= 0.3 is 12.2 Å². The Kier molecular flexibility index (Phi) is 7.33. The SMILES string of the molecule is CS(=O)(=O)N1CCN(C(CN2C(=O)NC[C@@H]2c2cccc(C(F)(F)F)c2)c2ccc(Cl)cc2)CC1. The van der Waals surface area contributed by atoms with E-state index in [9.17, 15) is 26.4 Å². The quantitative estimate of drug-likeness (QED) is 0.617. The number of rotatable bonds is 6. The summed E-state index contributed by atoms with van der Waals surface area (Å²) in [7, 11) is -3.31. The first kappa shape index (κ1) is 25.7. The predicted molar refractivity (Wildman–Crippen MR) is 126 cm³/mol. The first-order chi connectivity index (χ1) is 16.4. The lowest BCUT2D eigenvalue weighted by atomic mass is 10.00. The van der Waals surface area contributed by atoms with Gasteiger partial charge in [0.05, 0.1) is 23.9 Å². The van der Waals surface area contributed by atoms with Crippen LogP contribution >= 0.6 is 11.6 Å². The highest BCUT2D eigenvalue weighted by atomic mass is 35.5. The van der Waals surface area contributed by atoms with Gasteiger partial charge in [-0.15, -0.1) is 0 Å². The normalized spacial score (nSPS) is 21.2. The average Bonchev–Trinajstić information content (AvgIpc) is 3.17. The monoisotopic (exact) mass is 530 g/mol. The van der Waals surface area contributed by atoms with Gasteiger partial charge in [-0.2, -0.15) is 17.5 Å². The van der Waals surface area contributed by atoms with Gasteiger partial charge in [0.15, 0.2) is 0 Å². The number of urea groups is 1. The molecule has 0 bridgehead atoms. The fraction of sp³-hybridized carbons (Fsp3) is 0.435. The molecule has 0 saturated carbocycles. The lowest BCUT2D eigenvalue weighted by Gasteiger charge is -2.40. The number of hydrogen-bond acceptors (Lipinski definition) is 4. The Morgan fingerprint density at radius 3 is 2.34 bits per heavy atom. The Morgan fingerprint density at radius 1 is 1.09 bits per heavy atom. The molecule has 0 spiro atoms. The molecule has 12 heteroatoms. The Morgan fingerprint density at radius 2 is 1.74 bits per heavy atom. The molecule has 1 N–H and O–H groups in total. The minimum atomic E-state index is -4.48. The van der Waals surface area contributed by atoms with Crippen LogP contribution < -0.4 is 5.32 Å². The van der Waals surface area contributed by atoms with Gasteiger partial charge in [-0.05, 0) is 35.4 Å². The highest BCUT2D eigenvalue weighted by Gasteiger charge is 2.38. The predicted octanol–water partition coefficient (Wildman–Crippen LogP) is 3.74. The minimum Gasteiger partial charge on any atom is -0.336 e.